The van der Waals surface area contributed by atoms with E-state index < -0.39 is 17.7 Å². The molecule has 1 heterocycles. The summed E-state index contributed by atoms with van der Waals surface area (Å²) < 4.78 is 22.6. The normalized spacial score (nSPS) is 16.1. The zero-order chi connectivity index (χ0) is 30.1. The first kappa shape index (κ1) is 30.7. The predicted octanol–water partition coefficient (Wildman–Crippen LogP) is 6.22. The molecule has 0 saturated carbocycles. The first-order valence-corrected chi connectivity index (χ1v) is 14.2. The standard InChI is InChI=1S/C34H39NO7/c1-5-6-7-18-41-28-16-13-26(21-29(28)40-4)31-30(33(37)34(38)35(31)17-19-39-3)32(36)25-11-14-27(15-12-25)42-22-24-10-8-9-23(2)20-24/h8-16,20-21,31,36H,5-7,17-19,22H2,1-4H3/b32-30+. The number of rotatable bonds is 14. The van der Waals surface area contributed by atoms with Crippen molar-refractivity contribution in [2.75, 3.05) is 34.0 Å². The second-order valence-corrected chi connectivity index (χ2v) is 10.3. The molecule has 0 aliphatic carbocycles. The summed E-state index contributed by atoms with van der Waals surface area (Å²) in [5, 5.41) is 11.4. The lowest BCUT2D eigenvalue weighted by Gasteiger charge is -2.25. The zero-order valence-electron chi connectivity index (χ0n) is 24.7. The lowest BCUT2D eigenvalue weighted by atomic mass is 9.95. The molecule has 222 valence electrons. The number of amides is 1. The van der Waals surface area contributed by atoms with E-state index in [2.05, 4.69) is 13.0 Å². The minimum Gasteiger partial charge on any atom is -0.507 e. The summed E-state index contributed by atoms with van der Waals surface area (Å²) >= 11 is 0. The average Bonchev–Trinajstić information content (AvgIpc) is 3.26. The van der Waals surface area contributed by atoms with Crippen LogP contribution in [0.3, 0.4) is 0 Å². The predicted molar refractivity (Wildman–Crippen MR) is 161 cm³/mol. The van der Waals surface area contributed by atoms with E-state index in [1.165, 1.54) is 12.0 Å². The quantitative estimate of drug-likeness (QED) is 0.106. The molecule has 42 heavy (non-hydrogen) atoms. The Morgan fingerprint density at radius 2 is 1.69 bits per heavy atom. The molecule has 1 atom stereocenters. The van der Waals surface area contributed by atoms with Crippen molar-refractivity contribution >= 4 is 17.4 Å². The van der Waals surface area contributed by atoms with Crippen LogP contribution in [0.5, 0.6) is 17.2 Å². The van der Waals surface area contributed by atoms with Gasteiger partial charge in [0.25, 0.3) is 11.7 Å². The van der Waals surface area contributed by atoms with Crippen LogP contribution in [0, 0.1) is 6.92 Å². The second kappa shape index (κ2) is 14.5. The van der Waals surface area contributed by atoms with Crippen molar-refractivity contribution in [1.82, 2.24) is 4.90 Å². The summed E-state index contributed by atoms with van der Waals surface area (Å²) in [4.78, 5) is 27.9. The molecule has 3 aromatic rings. The Morgan fingerprint density at radius 3 is 2.38 bits per heavy atom. The number of ketones is 1. The Bertz CT molecular complexity index is 1410. The third kappa shape index (κ3) is 7.12. The maximum atomic E-state index is 13.3. The van der Waals surface area contributed by atoms with Crippen molar-refractivity contribution in [2.24, 2.45) is 0 Å². The first-order valence-electron chi connectivity index (χ1n) is 14.2. The third-order valence-electron chi connectivity index (χ3n) is 7.20. The Labute approximate surface area is 247 Å². The van der Waals surface area contributed by atoms with E-state index in [4.69, 9.17) is 18.9 Å². The number of unbranched alkanes of at least 4 members (excludes halogenated alkanes) is 2. The van der Waals surface area contributed by atoms with Gasteiger partial charge in [-0.2, -0.15) is 0 Å². The van der Waals surface area contributed by atoms with Gasteiger partial charge in [-0.3, -0.25) is 9.59 Å². The van der Waals surface area contributed by atoms with Crippen molar-refractivity contribution in [2.45, 2.75) is 45.8 Å². The number of likely N-dealkylation sites (tertiary alicyclic amines) is 1. The van der Waals surface area contributed by atoms with Crippen molar-refractivity contribution in [3.8, 4) is 17.2 Å². The smallest absolute Gasteiger partial charge is 0.295 e. The minimum absolute atomic E-state index is 0.00296. The van der Waals surface area contributed by atoms with Gasteiger partial charge in [0, 0.05) is 19.2 Å². The molecular formula is C34H39NO7. The van der Waals surface area contributed by atoms with E-state index in [0.717, 1.165) is 30.4 Å². The van der Waals surface area contributed by atoms with E-state index in [1.54, 1.807) is 49.6 Å². The van der Waals surface area contributed by atoms with Crippen LogP contribution in [0.2, 0.25) is 0 Å². The van der Waals surface area contributed by atoms with Gasteiger partial charge in [0.05, 0.1) is 31.9 Å². The number of nitrogens with zero attached hydrogens (tertiary/aromatic N) is 1. The van der Waals surface area contributed by atoms with Gasteiger partial charge in [-0.1, -0.05) is 55.7 Å². The number of aryl methyl sites for hydroxylation is 1. The molecule has 8 heteroatoms. The molecule has 3 aromatic carbocycles. The van der Waals surface area contributed by atoms with Gasteiger partial charge in [-0.25, -0.2) is 0 Å². The third-order valence-corrected chi connectivity index (χ3v) is 7.20. The second-order valence-electron chi connectivity index (χ2n) is 10.3. The van der Waals surface area contributed by atoms with E-state index in [0.29, 0.717) is 41.6 Å². The molecule has 1 saturated heterocycles. The maximum absolute atomic E-state index is 13.3. The summed E-state index contributed by atoms with van der Waals surface area (Å²) in [6.45, 7) is 5.51. The van der Waals surface area contributed by atoms with Gasteiger partial charge in [-0.15, -0.1) is 0 Å². The molecule has 0 aromatic heterocycles. The highest BCUT2D eigenvalue weighted by atomic mass is 16.5. The number of aliphatic hydroxyl groups is 1. The highest BCUT2D eigenvalue weighted by molar-refractivity contribution is 6.46. The van der Waals surface area contributed by atoms with Crippen LogP contribution in [0.25, 0.3) is 5.76 Å². The highest BCUT2D eigenvalue weighted by Gasteiger charge is 2.46. The van der Waals surface area contributed by atoms with E-state index in [9.17, 15) is 14.7 Å². The number of Topliss-reactive ketones (excluding diaryl/α,β-unsaturated/α-hetero) is 1. The highest BCUT2D eigenvalue weighted by Crippen LogP contribution is 2.42. The summed E-state index contributed by atoms with van der Waals surface area (Å²) in [7, 11) is 3.07. The van der Waals surface area contributed by atoms with Crippen LogP contribution >= 0.6 is 0 Å². The molecule has 1 fully saturated rings. The van der Waals surface area contributed by atoms with Crippen LogP contribution in [0.15, 0.2) is 72.3 Å². The summed E-state index contributed by atoms with van der Waals surface area (Å²) in [5.41, 5.74) is 3.21. The molecule has 8 nitrogen and oxygen atoms in total. The van der Waals surface area contributed by atoms with E-state index in [1.807, 2.05) is 25.1 Å². The lowest BCUT2D eigenvalue weighted by Crippen LogP contribution is -2.32. The van der Waals surface area contributed by atoms with Gasteiger partial charge in [0.1, 0.15) is 18.1 Å². The minimum atomic E-state index is -0.833. The molecule has 4 rings (SSSR count). The van der Waals surface area contributed by atoms with Crippen LogP contribution in [0.1, 0.15) is 54.5 Å². The summed E-state index contributed by atoms with van der Waals surface area (Å²) in [6, 6.07) is 19.4. The van der Waals surface area contributed by atoms with Crippen molar-refractivity contribution in [3.05, 3.63) is 94.6 Å². The van der Waals surface area contributed by atoms with Crippen LogP contribution in [-0.2, 0) is 20.9 Å². The number of aliphatic hydroxyl groups excluding tert-OH is 1. The Kier molecular flexibility index (Phi) is 10.6. The molecule has 1 aliphatic heterocycles. The number of hydrogen-bond acceptors (Lipinski definition) is 7. The summed E-state index contributed by atoms with van der Waals surface area (Å²) in [6.07, 6.45) is 3.07. The van der Waals surface area contributed by atoms with Crippen LogP contribution in [-0.4, -0.2) is 55.7 Å². The van der Waals surface area contributed by atoms with Crippen molar-refractivity contribution in [3.63, 3.8) is 0 Å². The van der Waals surface area contributed by atoms with Gasteiger partial charge >= 0.3 is 0 Å². The monoisotopic (exact) mass is 573 g/mol. The van der Waals surface area contributed by atoms with Gasteiger partial charge in [0.2, 0.25) is 0 Å². The fourth-order valence-corrected chi connectivity index (χ4v) is 4.99. The molecule has 0 radical (unpaired) electrons. The van der Waals surface area contributed by atoms with Gasteiger partial charge in [-0.05, 0) is 60.9 Å². The fraction of sp³-hybridized carbons (Fsp3) is 0.353. The number of carbonyl (C=O) groups excluding carboxylic acids is 2. The number of hydrogen-bond donors (Lipinski definition) is 1. The molecule has 1 amide bonds. The summed E-state index contributed by atoms with van der Waals surface area (Å²) in [5.74, 6) is -0.0431. The number of ether oxygens (including phenoxy) is 4. The lowest BCUT2D eigenvalue weighted by molar-refractivity contribution is -0.140. The maximum Gasteiger partial charge on any atom is 0.295 e. The first-order chi connectivity index (χ1) is 20.4. The molecule has 1 unspecified atom stereocenters. The van der Waals surface area contributed by atoms with E-state index in [-0.39, 0.29) is 24.5 Å². The average molecular weight is 574 g/mol. The van der Waals surface area contributed by atoms with Gasteiger partial charge in [0.15, 0.2) is 11.5 Å². The van der Waals surface area contributed by atoms with Gasteiger partial charge < -0.3 is 29.0 Å². The topological polar surface area (TPSA) is 94.5 Å². The molecule has 1 aliphatic rings. The molecule has 0 spiro atoms. The number of methoxy groups -OCH3 is 2. The Balaban J connectivity index is 1.64. The van der Waals surface area contributed by atoms with E-state index >= 15 is 0 Å². The SMILES string of the molecule is CCCCCOc1ccc(C2/C(=C(\O)c3ccc(OCc4cccc(C)c4)cc3)C(=O)C(=O)N2CCOC)cc1OC. The van der Waals surface area contributed by atoms with Crippen molar-refractivity contribution < 1.29 is 33.6 Å². The largest absolute Gasteiger partial charge is 0.507 e. The Hall–Kier alpha value is -4.30. The fourth-order valence-electron chi connectivity index (χ4n) is 4.99. The van der Waals surface area contributed by atoms with Crippen LogP contribution in [0.4, 0.5) is 0 Å². The zero-order valence-corrected chi connectivity index (χ0v) is 24.7. The number of carbonyl (C=O) groups is 2. The molecule has 1 N–H and O–H groups in total. The molecular weight excluding hydrogens is 534 g/mol. The molecule has 0 bridgehead atoms. The van der Waals surface area contributed by atoms with Crippen LogP contribution < -0.4 is 14.2 Å². The Morgan fingerprint density at radius 1 is 0.905 bits per heavy atom. The van der Waals surface area contributed by atoms with Crippen molar-refractivity contribution in [1.29, 1.82) is 0 Å². The number of benzene rings is 3.